The molecule has 0 radical (unpaired) electrons. The van der Waals surface area contributed by atoms with E-state index in [9.17, 15) is 13.5 Å². The highest BCUT2D eigenvalue weighted by Crippen LogP contribution is 2.34. The molecule has 42 heavy (non-hydrogen) atoms. The third-order valence-corrected chi connectivity index (χ3v) is 10.6. The monoisotopic (exact) mass is 608 g/mol. The second-order valence-electron chi connectivity index (χ2n) is 10.7. The van der Waals surface area contributed by atoms with E-state index in [4.69, 9.17) is 11.6 Å². The van der Waals surface area contributed by atoms with Crippen LogP contribution in [0.15, 0.2) is 59.5 Å². The van der Waals surface area contributed by atoms with Gasteiger partial charge in [0.2, 0.25) is 5.95 Å². The number of likely N-dealkylation sites (tertiary alicyclic amines) is 1. The van der Waals surface area contributed by atoms with Gasteiger partial charge in [-0.2, -0.15) is 0 Å². The number of aryl methyl sites for hydroxylation is 1. The van der Waals surface area contributed by atoms with Gasteiger partial charge in [-0.1, -0.05) is 25.4 Å². The van der Waals surface area contributed by atoms with Crippen LogP contribution in [0.3, 0.4) is 0 Å². The van der Waals surface area contributed by atoms with Gasteiger partial charge in [0, 0.05) is 29.4 Å². The second kappa shape index (κ2) is 12.9. The first-order valence-corrected chi connectivity index (χ1v) is 16.3. The third-order valence-electron chi connectivity index (χ3n) is 8.06. The number of halogens is 1. The van der Waals surface area contributed by atoms with Gasteiger partial charge in [-0.25, -0.2) is 13.4 Å². The van der Waals surface area contributed by atoms with Gasteiger partial charge in [0.15, 0.2) is 9.84 Å². The Kier molecular flexibility index (Phi) is 9.27. The van der Waals surface area contributed by atoms with Gasteiger partial charge < -0.3 is 20.2 Å². The Morgan fingerprint density at radius 3 is 2.43 bits per heavy atom. The lowest BCUT2D eigenvalue weighted by Crippen LogP contribution is -2.42. The highest BCUT2D eigenvalue weighted by molar-refractivity contribution is 7.92. The summed E-state index contributed by atoms with van der Waals surface area (Å²) in [5.74, 6) is 0.427. The van der Waals surface area contributed by atoms with Crippen LogP contribution in [0.2, 0.25) is 5.02 Å². The number of aromatic nitrogens is 3. The molecule has 1 aliphatic rings. The number of benzene rings is 3. The third kappa shape index (κ3) is 6.67. The van der Waals surface area contributed by atoms with E-state index in [1.54, 1.807) is 42.5 Å². The molecule has 0 aliphatic carbocycles. The number of sulfone groups is 1. The summed E-state index contributed by atoms with van der Waals surface area (Å²) in [6.07, 6.45) is 1.30. The number of nitrogens with zero attached hydrogens (tertiary/aromatic N) is 5. The van der Waals surface area contributed by atoms with E-state index in [1.807, 2.05) is 19.1 Å². The molecule has 3 aromatic carbocycles. The van der Waals surface area contributed by atoms with E-state index in [-0.39, 0.29) is 11.0 Å². The molecule has 0 amide bonds. The van der Waals surface area contributed by atoms with Crippen molar-refractivity contribution in [3.05, 3.63) is 65.2 Å². The highest BCUT2D eigenvalue weighted by Gasteiger charge is 2.31. The minimum absolute atomic E-state index is 0.124. The predicted octanol–water partition coefficient (Wildman–Crippen LogP) is 5.68. The van der Waals surface area contributed by atoms with Crippen LogP contribution in [0.25, 0.3) is 22.2 Å². The number of hydrogen-bond donors (Lipinski definition) is 2. The Bertz CT molecular complexity index is 1650. The fourth-order valence-corrected chi connectivity index (χ4v) is 7.38. The van der Waals surface area contributed by atoms with E-state index >= 15 is 0 Å². The molecule has 0 unspecified atom stereocenters. The van der Waals surface area contributed by atoms with Crippen molar-refractivity contribution < 1.29 is 13.5 Å². The lowest BCUT2D eigenvalue weighted by molar-refractivity contribution is 0.189. The normalized spacial score (nSPS) is 15.0. The van der Waals surface area contributed by atoms with Crippen LogP contribution in [-0.4, -0.2) is 83.0 Å². The molecule has 0 bridgehead atoms. The first kappa shape index (κ1) is 30.2. The molecule has 4 aromatic rings. The standard InChI is InChI=1S/C31H37ClN6O3S/c1-4-37(5-2)16-17-38-14-12-26(13-15-38)42(40,41)25-9-7-24(8-10-25)33-31-34-30-21(3)18-22(19-28(30)35-36-31)27-20-23(32)6-11-29(27)39/h6-11,18-20,26,39H,4-5,12-17H2,1-3H3,(H,33,34,36). The number of fused-ring (bicyclic) bond motifs is 1. The van der Waals surface area contributed by atoms with Gasteiger partial charge in [0.25, 0.3) is 0 Å². The van der Waals surface area contributed by atoms with E-state index in [2.05, 4.69) is 44.1 Å². The topological polar surface area (TPSA) is 112 Å². The van der Waals surface area contributed by atoms with E-state index in [0.29, 0.717) is 51.0 Å². The Labute approximate surface area is 252 Å². The minimum atomic E-state index is -3.42. The number of aromatic hydroxyl groups is 1. The van der Waals surface area contributed by atoms with Crippen molar-refractivity contribution in [2.45, 2.75) is 43.8 Å². The summed E-state index contributed by atoms with van der Waals surface area (Å²) in [6, 6.07) is 15.4. The summed E-state index contributed by atoms with van der Waals surface area (Å²) >= 11 is 6.13. The number of nitrogens with one attached hydrogen (secondary N) is 1. The average Bonchev–Trinajstić information content (AvgIpc) is 2.99. The van der Waals surface area contributed by atoms with Crippen LogP contribution < -0.4 is 5.32 Å². The van der Waals surface area contributed by atoms with Crippen LogP contribution in [0.5, 0.6) is 5.75 Å². The molecule has 5 rings (SSSR count). The molecule has 1 aliphatic heterocycles. The van der Waals surface area contributed by atoms with E-state index in [1.165, 1.54) is 0 Å². The summed E-state index contributed by atoms with van der Waals surface area (Å²) in [6.45, 7) is 11.9. The van der Waals surface area contributed by atoms with Gasteiger partial charge in [-0.15, -0.1) is 10.2 Å². The number of phenols is 1. The number of piperidine rings is 1. The number of phenolic OH excluding ortho intramolecular Hbond substituents is 1. The smallest absolute Gasteiger partial charge is 0.247 e. The Morgan fingerprint density at radius 1 is 1.02 bits per heavy atom. The van der Waals surface area contributed by atoms with Crippen molar-refractivity contribution in [1.29, 1.82) is 0 Å². The van der Waals surface area contributed by atoms with Crippen molar-refractivity contribution >= 4 is 44.1 Å². The van der Waals surface area contributed by atoms with Gasteiger partial charge in [0.1, 0.15) is 11.3 Å². The van der Waals surface area contributed by atoms with Crippen LogP contribution in [0.1, 0.15) is 32.3 Å². The van der Waals surface area contributed by atoms with E-state index in [0.717, 1.165) is 50.4 Å². The van der Waals surface area contributed by atoms with Crippen LogP contribution in [0.4, 0.5) is 11.6 Å². The molecule has 9 nitrogen and oxygen atoms in total. The fourth-order valence-electron chi connectivity index (χ4n) is 5.48. The molecule has 0 saturated carbocycles. The molecule has 1 saturated heterocycles. The van der Waals surface area contributed by atoms with Crippen LogP contribution in [-0.2, 0) is 9.84 Å². The number of hydrogen-bond acceptors (Lipinski definition) is 9. The summed E-state index contributed by atoms with van der Waals surface area (Å²) in [5, 5.41) is 22.2. The predicted molar refractivity (Wildman–Crippen MR) is 168 cm³/mol. The lowest BCUT2D eigenvalue weighted by Gasteiger charge is -2.33. The lowest BCUT2D eigenvalue weighted by atomic mass is 10.0. The zero-order valence-corrected chi connectivity index (χ0v) is 25.8. The number of likely N-dealkylation sites (N-methyl/N-ethyl adjacent to an activating group) is 1. The molecule has 2 heterocycles. The highest BCUT2D eigenvalue weighted by atomic mass is 35.5. The molecule has 11 heteroatoms. The van der Waals surface area contributed by atoms with Crippen LogP contribution >= 0.6 is 11.6 Å². The summed E-state index contributed by atoms with van der Waals surface area (Å²) in [7, 11) is -3.42. The average molecular weight is 609 g/mol. The fraction of sp³-hybridized carbons (Fsp3) is 0.387. The van der Waals surface area contributed by atoms with Crippen molar-refractivity contribution in [1.82, 2.24) is 25.0 Å². The molecule has 1 aromatic heterocycles. The molecule has 0 atom stereocenters. The van der Waals surface area contributed by atoms with Crippen molar-refractivity contribution in [2.24, 2.45) is 0 Å². The molecule has 1 fully saturated rings. The molecular formula is C31H37ClN6O3S. The largest absolute Gasteiger partial charge is 0.507 e. The molecule has 2 N–H and O–H groups in total. The van der Waals surface area contributed by atoms with Gasteiger partial charge in [-0.05, 0) is 112 Å². The zero-order valence-electron chi connectivity index (χ0n) is 24.2. The maximum Gasteiger partial charge on any atom is 0.247 e. The first-order valence-electron chi connectivity index (χ1n) is 14.4. The Hall–Kier alpha value is -3.31. The summed E-state index contributed by atoms with van der Waals surface area (Å²) < 4.78 is 26.7. The van der Waals surface area contributed by atoms with Crippen molar-refractivity contribution in [3.8, 4) is 16.9 Å². The van der Waals surface area contributed by atoms with Crippen LogP contribution in [0, 0.1) is 6.92 Å². The van der Waals surface area contributed by atoms with Crippen molar-refractivity contribution in [2.75, 3.05) is 44.6 Å². The SMILES string of the molecule is CCN(CC)CCN1CCC(S(=O)(=O)c2ccc(Nc3nnc4cc(-c5cc(Cl)ccc5O)cc(C)c4n3)cc2)CC1. The number of rotatable bonds is 10. The maximum absolute atomic E-state index is 13.4. The quantitative estimate of drug-likeness (QED) is 0.235. The molecular weight excluding hydrogens is 572 g/mol. The van der Waals surface area contributed by atoms with Crippen molar-refractivity contribution in [3.63, 3.8) is 0 Å². The van der Waals surface area contributed by atoms with Gasteiger partial charge in [-0.3, -0.25) is 0 Å². The van der Waals surface area contributed by atoms with E-state index < -0.39 is 9.84 Å². The second-order valence-corrected chi connectivity index (χ2v) is 13.4. The van der Waals surface area contributed by atoms with Gasteiger partial charge >= 0.3 is 0 Å². The summed E-state index contributed by atoms with van der Waals surface area (Å²) in [4.78, 5) is 9.73. The molecule has 222 valence electrons. The van der Waals surface area contributed by atoms with Gasteiger partial charge in [0.05, 0.1) is 15.7 Å². The Balaban J connectivity index is 1.25. The zero-order chi connectivity index (χ0) is 29.9. The molecule has 0 spiro atoms. The Morgan fingerprint density at radius 2 is 1.74 bits per heavy atom. The minimum Gasteiger partial charge on any atom is -0.507 e. The summed E-state index contributed by atoms with van der Waals surface area (Å²) in [5.41, 5.74) is 4.14. The number of anilines is 2. The maximum atomic E-state index is 13.4. The first-order chi connectivity index (χ1) is 20.2.